The fourth-order valence-electron chi connectivity index (χ4n) is 2.86. The molecule has 1 N–H and O–H groups in total. The van der Waals surface area contributed by atoms with E-state index in [9.17, 15) is 0 Å². The van der Waals surface area contributed by atoms with Gasteiger partial charge in [-0.1, -0.05) is 0 Å². The summed E-state index contributed by atoms with van der Waals surface area (Å²) in [5, 5.41) is 11.6. The smallest absolute Gasteiger partial charge is 0.216 e. The number of rotatable bonds is 8. The molecular formula is C20H22N4O5S. The van der Waals surface area contributed by atoms with Crippen LogP contribution in [0.1, 0.15) is 5.56 Å². The van der Waals surface area contributed by atoms with E-state index in [-0.39, 0.29) is 0 Å². The van der Waals surface area contributed by atoms with Gasteiger partial charge in [0.1, 0.15) is 11.5 Å². The van der Waals surface area contributed by atoms with E-state index in [1.54, 1.807) is 66.0 Å². The van der Waals surface area contributed by atoms with E-state index in [1.165, 1.54) is 4.68 Å². The summed E-state index contributed by atoms with van der Waals surface area (Å²) >= 11 is 5.36. The summed E-state index contributed by atoms with van der Waals surface area (Å²) in [6, 6.07) is 8.95. The maximum Gasteiger partial charge on any atom is 0.216 e. The van der Waals surface area contributed by atoms with Gasteiger partial charge in [-0.15, -0.1) is 0 Å². The van der Waals surface area contributed by atoms with E-state index in [2.05, 4.69) is 15.3 Å². The van der Waals surface area contributed by atoms with Crippen LogP contribution in [-0.4, -0.2) is 56.6 Å². The van der Waals surface area contributed by atoms with Gasteiger partial charge in [-0.2, -0.15) is 14.9 Å². The first-order chi connectivity index (χ1) is 14.6. The minimum Gasteiger partial charge on any atom is -0.497 e. The molecular weight excluding hydrogens is 408 g/mol. The molecule has 0 spiro atoms. The molecule has 0 aliphatic rings. The highest BCUT2D eigenvalue weighted by Crippen LogP contribution is 2.40. The van der Waals surface area contributed by atoms with E-state index < -0.39 is 0 Å². The third-order valence-corrected chi connectivity index (χ3v) is 4.59. The highest BCUT2D eigenvalue weighted by molar-refractivity contribution is 7.71. The minimum absolute atomic E-state index is 0.317. The van der Waals surface area contributed by atoms with Gasteiger partial charge in [0.2, 0.25) is 10.5 Å². The fraction of sp³-hybridized carbons (Fsp3) is 0.250. The molecule has 0 unspecified atom stereocenters. The van der Waals surface area contributed by atoms with Crippen LogP contribution in [0.2, 0.25) is 0 Å². The zero-order valence-electron chi connectivity index (χ0n) is 17.3. The van der Waals surface area contributed by atoms with Crippen molar-refractivity contribution in [2.24, 2.45) is 5.10 Å². The summed E-state index contributed by atoms with van der Waals surface area (Å²) in [6.07, 6.45) is 1.62. The van der Waals surface area contributed by atoms with Crippen molar-refractivity contribution in [1.29, 1.82) is 0 Å². The number of aromatic amines is 1. The Morgan fingerprint density at radius 1 is 0.900 bits per heavy atom. The molecule has 0 amide bonds. The average Bonchev–Trinajstić information content (AvgIpc) is 3.16. The summed E-state index contributed by atoms with van der Waals surface area (Å²) in [5.41, 5.74) is 1.39. The Labute approximate surface area is 178 Å². The number of methoxy groups -OCH3 is 5. The van der Waals surface area contributed by atoms with Crippen LogP contribution in [0.4, 0.5) is 0 Å². The fourth-order valence-corrected chi connectivity index (χ4v) is 3.04. The Balaban J connectivity index is 2.09. The van der Waals surface area contributed by atoms with Crippen molar-refractivity contribution in [2.45, 2.75) is 0 Å². The zero-order valence-corrected chi connectivity index (χ0v) is 18.1. The Hall–Kier alpha value is -3.53. The molecule has 1 aromatic heterocycles. The van der Waals surface area contributed by atoms with Gasteiger partial charge in [-0.05, 0) is 42.5 Å². The van der Waals surface area contributed by atoms with Crippen LogP contribution < -0.4 is 23.7 Å². The molecule has 1 heterocycles. The molecule has 0 aliphatic heterocycles. The Morgan fingerprint density at radius 2 is 1.57 bits per heavy atom. The van der Waals surface area contributed by atoms with Crippen molar-refractivity contribution in [2.75, 3.05) is 35.5 Å². The second-order valence-corrected chi connectivity index (χ2v) is 6.32. The van der Waals surface area contributed by atoms with Crippen molar-refractivity contribution in [1.82, 2.24) is 14.9 Å². The van der Waals surface area contributed by atoms with Gasteiger partial charge in [-0.3, -0.25) is 0 Å². The topological polar surface area (TPSA) is 92.1 Å². The Kier molecular flexibility index (Phi) is 6.58. The third kappa shape index (κ3) is 4.08. The number of ether oxygens (including phenoxy) is 5. The molecule has 2 aromatic carbocycles. The van der Waals surface area contributed by atoms with Crippen molar-refractivity contribution >= 4 is 18.4 Å². The molecule has 30 heavy (non-hydrogen) atoms. The van der Waals surface area contributed by atoms with Crippen LogP contribution in [0.25, 0.3) is 11.4 Å². The summed E-state index contributed by atoms with van der Waals surface area (Å²) in [7, 11) is 7.82. The average molecular weight is 430 g/mol. The predicted octanol–water partition coefficient (Wildman–Crippen LogP) is 3.53. The SMILES string of the molecule is COc1ccc(OC)c(/C=N\n2c(-c3cc(OC)c(OC)c(OC)c3)n[nH]c2=S)c1. The van der Waals surface area contributed by atoms with Gasteiger partial charge in [-0.25, -0.2) is 5.10 Å². The number of hydrogen-bond acceptors (Lipinski definition) is 8. The number of nitrogens with one attached hydrogen (secondary N) is 1. The lowest BCUT2D eigenvalue weighted by Crippen LogP contribution is -1.99. The normalized spacial score (nSPS) is 10.8. The van der Waals surface area contributed by atoms with Gasteiger partial charge in [0, 0.05) is 11.1 Å². The van der Waals surface area contributed by atoms with E-state index in [1.807, 2.05) is 6.07 Å². The highest BCUT2D eigenvalue weighted by Gasteiger charge is 2.17. The molecule has 0 saturated carbocycles. The van der Waals surface area contributed by atoms with Gasteiger partial charge >= 0.3 is 0 Å². The van der Waals surface area contributed by atoms with Crippen LogP contribution in [0, 0.1) is 4.77 Å². The Bertz CT molecular complexity index is 1100. The van der Waals surface area contributed by atoms with E-state index >= 15 is 0 Å². The third-order valence-electron chi connectivity index (χ3n) is 4.32. The van der Waals surface area contributed by atoms with E-state index in [0.717, 1.165) is 5.56 Å². The predicted molar refractivity (Wildman–Crippen MR) is 115 cm³/mol. The van der Waals surface area contributed by atoms with Gasteiger partial charge in [0.05, 0.1) is 41.8 Å². The van der Waals surface area contributed by atoms with Gasteiger partial charge in [0.15, 0.2) is 17.3 Å². The van der Waals surface area contributed by atoms with Crippen LogP contribution in [0.15, 0.2) is 35.4 Å². The summed E-state index contributed by atoms with van der Waals surface area (Å²) in [4.78, 5) is 0. The molecule has 3 aromatic rings. The maximum atomic E-state index is 5.43. The van der Waals surface area contributed by atoms with Crippen LogP contribution >= 0.6 is 12.2 Å². The molecule has 0 radical (unpaired) electrons. The van der Waals surface area contributed by atoms with Crippen LogP contribution in [0.5, 0.6) is 28.7 Å². The standard InChI is InChI=1S/C20H22N4O5S/c1-25-14-6-7-15(26-2)13(8-14)11-21-24-19(22-23-20(24)30)12-9-16(27-3)18(29-5)17(10-12)28-4/h6-11H,1-5H3,(H,23,30)/b21-11-. The summed E-state index contributed by atoms with van der Waals surface area (Å²) in [5.74, 6) is 3.25. The number of hydrogen-bond donors (Lipinski definition) is 1. The van der Waals surface area contributed by atoms with Crippen molar-refractivity contribution in [3.05, 3.63) is 40.7 Å². The molecule has 0 atom stereocenters. The first-order valence-corrected chi connectivity index (χ1v) is 9.21. The molecule has 158 valence electrons. The number of H-pyrrole nitrogens is 1. The molecule has 9 nitrogen and oxygen atoms in total. The van der Waals surface area contributed by atoms with Gasteiger partial charge in [0.25, 0.3) is 0 Å². The van der Waals surface area contributed by atoms with Crippen LogP contribution in [0.3, 0.4) is 0 Å². The molecule has 0 aliphatic carbocycles. The van der Waals surface area contributed by atoms with Crippen LogP contribution in [-0.2, 0) is 0 Å². The lowest BCUT2D eigenvalue weighted by atomic mass is 10.1. The first-order valence-electron chi connectivity index (χ1n) is 8.80. The molecule has 0 fully saturated rings. The monoisotopic (exact) mass is 430 g/mol. The molecule has 0 saturated heterocycles. The summed E-state index contributed by atoms with van der Waals surface area (Å²) < 4.78 is 28.7. The summed E-state index contributed by atoms with van der Waals surface area (Å²) in [6.45, 7) is 0. The second-order valence-electron chi connectivity index (χ2n) is 5.93. The first kappa shape index (κ1) is 21.2. The second kappa shape index (κ2) is 9.31. The Morgan fingerprint density at radius 3 is 2.13 bits per heavy atom. The van der Waals surface area contributed by atoms with E-state index in [4.69, 9.17) is 35.9 Å². The zero-order chi connectivity index (χ0) is 21.7. The van der Waals surface area contributed by atoms with Crippen molar-refractivity contribution in [3.8, 4) is 40.1 Å². The van der Waals surface area contributed by atoms with Gasteiger partial charge < -0.3 is 23.7 Å². The lowest BCUT2D eigenvalue weighted by molar-refractivity contribution is 0.324. The number of aromatic nitrogens is 3. The van der Waals surface area contributed by atoms with Crippen molar-refractivity contribution < 1.29 is 23.7 Å². The van der Waals surface area contributed by atoms with Crippen molar-refractivity contribution in [3.63, 3.8) is 0 Å². The number of benzene rings is 2. The lowest BCUT2D eigenvalue weighted by Gasteiger charge is -2.13. The maximum absolute atomic E-state index is 5.43. The quantitative estimate of drug-likeness (QED) is 0.432. The molecule has 10 heteroatoms. The minimum atomic E-state index is 0.317. The largest absolute Gasteiger partial charge is 0.497 e. The van der Waals surface area contributed by atoms with E-state index in [0.29, 0.717) is 44.9 Å². The highest BCUT2D eigenvalue weighted by atomic mass is 32.1. The molecule has 3 rings (SSSR count). The number of nitrogens with zero attached hydrogens (tertiary/aromatic N) is 3. The molecule has 0 bridgehead atoms.